The molecule has 1 aromatic heterocycles. The Morgan fingerprint density at radius 2 is 1.97 bits per heavy atom. The zero-order chi connectivity index (χ0) is 28.9. The standard InChI is InChI=1S/C27H31F3N4O5/c1-16-13-34(17(2)15-35)25(37)22-11-19(6-5-18(3)36)12-31-24(22)39-23(16)14-33(4)26(38)32-21-9-7-20(8-10-21)27(28,29)30/h7-12,16-18,23,35-36H,13-15H2,1-4H3,(H,32,38)/t16-,17+,18-,23+/m1/s1. The molecule has 0 fully saturated rings. The Kier molecular flexibility index (Phi) is 9.42. The molecule has 3 amide bonds. The summed E-state index contributed by atoms with van der Waals surface area (Å²) in [4.78, 5) is 33.3. The first-order chi connectivity index (χ1) is 18.3. The molecule has 0 saturated heterocycles. The van der Waals surface area contributed by atoms with Gasteiger partial charge in [0.05, 0.1) is 24.8 Å². The molecular weight excluding hydrogens is 517 g/mol. The average Bonchev–Trinajstić information content (AvgIpc) is 2.88. The lowest BCUT2D eigenvalue weighted by Crippen LogP contribution is -2.50. The summed E-state index contributed by atoms with van der Waals surface area (Å²) >= 11 is 0. The second-order valence-electron chi connectivity index (χ2n) is 9.53. The summed E-state index contributed by atoms with van der Waals surface area (Å²) in [5.41, 5.74) is -0.117. The van der Waals surface area contributed by atoms with E-state index in [0.717, 1.165) is 12.1 Å². The second kappa shape index (κ2) is 12.4. The molecule has 39 heavy (non-hydrogen) atoms. The fourth-order valence-corrected chi connectivity index (χ4v) is 3.89. The molecule has 1 aromatic carbocycles. The van der Waals surface area contributed by atoms with E-state index in [1.54, 1.807) is 6.92 Å². The summed E-state index contributed by atoms with van der Waals surface area (Å²) in [5.74, 6) is 4.68. The normalized spacial score (nSPS) is 18.9. The number of urea groups is 1. The van der Waals surface area contributed by atoms with Crippen molar-refractivity contribution < 1.29 is 37.7 Å². The Labute approximate surface area is 224 Å². The molecule has 0 radical (unpaired) electrons. The Hall–Kier alpha value is -3.82. The van der Waals surface area contributed by atoms with Crippen LogP contribution in [0, 0.1) is 17.8 Å². The minimum atomic E-state index is -4.48. The number of hydrogen-bond acceptors (Lipinski definition) is 6. The number of nitrogens with one attached hydrogen (secondary N) is 1. The van der Waals surface area contributed by atoms with Crippen LogP contribution in [0.4, 0.5) is 23.7 Å². The maximum Gasteiger partial charge on any atom is 0.416 e. The van der Waals surface area contributed by atoms with Crippen LogP contribution in [0.5, 0.6) is 5.88 Å². The molecule has 0 aliphatic carbocycles. The fourth-order valence-electron chi connectivity index (χ4n) is 3.89. The smallest absolute Gasteiger partial charge is 0.416 e. The van der Waals surface area contributed by atoms with Crippen molar-refractivity contribution in [3.05, 3.63) is 53.2 Å². The lowest BCUT2D eigenvalue weighted by Gasteiger charge is -2.37. The van der Waals surface area contributed by atoms with Crippen LogP contribution in [0.2, 0.25) is 0 Å². The number of aliphatic hydroxyl groups is 2. The van der Waals surface area contributed by atoms with Gasteiger partial charge in [0.15, 0.2) is 0 Å². The van der Waals surface area contributed by atoms with Gasteiger partial charge < -0.3 is 30.1 Å². The minimum absolute atomic E-state index is 0.0332. The highest BCUT2D eigenvalue weighted by Crippen LogP contribution is 2.30. The van der Waals surface area contributed by atoms with Crippen LogP contribution < -0.4 is 10.1 Å². The fraction of sp³-hybridized carbons (Fsp3) is 0.444. The van der Waals surface area contributed by atoms with Crippen molar-refractivity contribution in [1.29, 1.82) is 0 Å². The van der Waals surface area contributed by atoms with Crippen molar-refractivity contribution >= 4 is 17.6 Å². The van der Waals surface area contributed by atoms with E-state index in [0.29, 0.717) is 5.56 Å². The number of aromatic nitrogens is 1. The van der Waals surface area contributed by atoms with Crippen molar-refractivity contribution in [3.63, 3.8) is 0 Å². The van der Waals surface area contributed by atoms with Gasteiger partial charge in [0.25, 0.3) is 5.91 Å². The van der Waals surface area contributed by atoms with Gasteiger partial charge in [-0.05, 0) is 44.2 Å². The predicted octanol–water partition coefficient (Wildman–Crippen LogP) is 3.22. The van der Waals surface area contributed by atoms with E-state index in [-0.39, 0.29) is 42.7 Å². The van der Waals surface area contributed by atoms with E-state index in [1.807, 2.05) is 6.92 Å². The highest BCUT2D eigenvalue weighted by atomic mass is 19.4. The number of halogens is 3. The summed E-state index contributed by atoms with van der Waals surface area (Å²) in [6.45, 7) is 5.05. The molecule has 1 aliphatic rings. The molecular formula is C27H31F3N4O5. The van der Waals surface area contributed by atoms with Crippen LogP contribution in [0.15, 0.2) is 36.5 Å². The van der Waals surface area contributed by atoms with E-state index in [4.69, 9.17) is 4.74 Å². The molecule has 2 aromatic rings. The first kappa shape index (κ1) is 29.7. The number of alkyl halides is 3. The number of hydrogen-bond donors (Lipinski definition) is 3. The van der Waals surface area contributed by atoms with Crippen molar-refractivity contribution in [3.8, 4) is 17.7 Å². The van der Waals surface area contributed by atoms with E-state index < -0.39 is 41.9 Å². The number of pyridine rings is 1. The van der Waals surface area contributed by atoms with Crippen molar-refractivity contribution in [2.24, 2.45) is 5.92 Å². The molecule has 0 unspecified atom stereocenters. The summed E-state index contributed by atoms with van der Waals surface area (Å²) in [5, 5.41) is 21.8. The number of fused-ring (bicyclic) bond motifs is 1. The number of likely N-dealkylation sites (N-methyl/N-ethyl adjacent to an activating group) is 1. The molecule has 4 atom stereocenters. The van der Waals surface area contributed by atoms with Crippen molar-refractivity contribution in [2.45, 2.75) is 45.2 Å². The SMILES string of the molecule is C[C@@H]1CN([C@@H](C)CO)C(=O)c2cc(C#C[C@@H](C)O)cnc2O[C@H]1CN(C)C(=O)Nc1ccc(C(F)(F)F)cc1. The summed E-state index contributed by atoms with van der Waals surface area (Å²) < 4.78 is 44.6. The summed E-state index contributed by atoms with van der Waals surface area (Å²) in [7, 11) is 1.51. The van der Waals surface area contributed by atoms with Gasteiger partial charge in [0.2, 0.25) is 5.88 Å². The highest BCUT2D eigenvalue weighted by Gasteiger charge is 2.35. The first-order valence-electron chi connectivity index (χ1n) is 12.3. The molecule has 0 bridgehead atoms. The van der Waals surface area contributed by atoms with E-state index in [9.17, 15) is 33.0 Å². The lowest BCUT2D eigenvalue weighted by atomic mass is 10.00. The van der Waals surface area contributed by atoms with Crippen molar-refractivity contribution in [2.75, 3.05) is 32.1 Å². The minimum Gasteiger partial charge on any atom is -0.472 e. The average molecular weight is 549 g/mol. The number of amides is 3. The topological polar surface area (TPSA) is 115 Å². The third-order valence-electron chi connectivity index (χ3n) is 6.21. The van der Waals surface area contributed by atoms with E-state index in [2.05, 4.69) is 22.1 Å². The molecule has 12 heteroatoms. The second-order valence-corrected chi connectivity index (χ2v) is 9.53. The van der Waals surface area contributed by atoms with Crippen LogP contribution in [0.1, 0.15) is 42.3 Å². The summed E-state index contributed by atoms with van der Waals surface area (Å²) in [6.07, 6.45) is -4.58. The zero-order valence-electron chi connectivity index (χ0n) is 22.0. The molecule has 0 saturated carbocycles. The van der Waals surface area contributed by atoms with Gasteiger partial charge in [-0.15, -0.1) is 0 Å². The molecule has 2 heterocycles. The van der Waals surface area contributed by atoms with Crippen LogP contribution in [-0.2, 0) is 6.18 Å². The highest BCUT2D eigenvalue weighted by molar-refractivity contribution is 5.97. The molecule has 3 N–H and O–H groups in total. The Bertz CT molecular complexity index is 1240. The molecule has 9 nitrogen and oxygen atoms in total. The Morgan fingerprint density at radius 1 is 1.31 bits per heavy atom. The number of nitrogens with zero attached hydrogens (tertiary/aromatic N) is 3. The van der Waals surface area contributed by atoms with Crippen LogP contribution >= 0.6 is 0 Å². The lowest BCUT2D eigenvalue weighted by molar-refractivity contribution is -0.137. The van der Waals surface area contributed by atoms with Crippen molar-refractivity contribution in [1.82, 2.24) is 14.8 Å². The van der Waals surface area contributed by atoms with Gasteiger partial charge in [-0.1, -0.05) is 18.8 Å². The van der Waals surface area contributed by atoms with Gasteiger partial charge in [0, 0.05) is 37.0 Å². The number of ether oxygens (including phenoxy) is 1. The zero-order valence-corrected chi connectivity index (χ0v) is 22.0. The first-order valence-corrected chi connectivity index (χ1v) is 12.3. The molecule has 0 spiro atoms. The number of carbonyl (C=O) groups excluding carboxylic acids is 2. The number of carbonyl (C=O) groups is 2. The van der Waals surface area contributed by atoms with Crippen LogP contribution in [0.25, 0.3) is 0 Å². The third kappa shape index (κ3) is 7.61. The number of rotatable bonds is 5. The maximum absolute atomic E-state index is 13.4. The molecule has 210 valence electrons. The maximum atomic E-state index is 13.4. The Morgan fingerprint density at radius 3 is 2.56 bits per heavy atom. The Balaban J connectivity index is 1.84. The largest absolute Gasteiger partial charge is 0.472 e. The van der Waals surface area contributed by atoms with Crippen LogP contribution in [0.3, 0.4) is 0 Å². The molecule has 1 aliphatic heterocycles. The molecule has 3 rings (SSSR count). The van der Waals surface area contributed by atoms with Crippen LogP contribution in [-0.4, -0.2) is 81.9 Å². The van der Waals surface area contributed by atoms with Gasteiger partial charge in [-0.25, -0.2) is 9.78 Å². The number of anilines is 1. The van der Waals surface area contributed by atoms with E-state index in [1.165, 1.54) is 48.2 Å². The van der Waals surface area contributed by atoms with Gasteiger partial charge in [-0.3, -0.25) is 4.79 Å². The van der Waals surface area contributed by atoms with Gasteiger partial charge >= 0.3 is 12.2 Å². The summed E-state index contributed by atoms with van der Waals surface area (Å²) in [6, 6.07) is 4.52. The third-order valence-corrected chi connectivity index (χ3v) is 6.21. The monoisotopic (exact) mass is 548 g/mol. The van der Waals surface area contributed by atoms with Gasteiger partial charge in [-0.2, -0.15) is 13.2 Å². The van der Waals surface area contributed by atoms with E-state index >= 15 is 0 Å². The quantitative estimate of drug-likeness (QED) is 0.495. The predicted molar refractivity (Wildman–Crippen MR) is 137 cm³/mol. The number of benzene rings is 1. The van der Waals surface area contributed by atoms with Gasteiger partial charge in [0.1, 0.15) is 17.8 Å². The number of aliphatic hydroxyl groups excluding tert-OH is 2.